The summed E-state index contributed by atoms with van der Waals surface area (Å²) < 4.78 is 37.2. The summed E-state index contributed by atoms with van der Waals surface area (Å²) in [6.07, 6.45) is -0.221. The minimum absolute atomic E-state index is 0.0499. The molecule has 25 heavy (non-hydrogen) atoms. The second-order valence-electron chi connectivity index (χ2n) is 5.28. The summed E-state index contributed by atoms with van der Waals surface area (Å²) in [5.74, 6) is -1.46. The number of carboxylic acids is 1. The molecule has 0 unspecified atom stereocenters. The number of morpholine rings is 1. The number of rotatable bonds is 7. The van der Waals surface area contributed by atoms with E-state index in [1.807, 2.05) is 0 Å². The van der Waals surface area contributed by atoms with Gasteiger partial charge in [0.2, 0.25) is 10.0 Å². The molecule has 10 heteroatoms. The Bertz CT molecular complexity index is 742. The van der Waals surface area contributed by atoms with Gasteiger partial charge < -0.3 is 19.9 Å². The first-order valence-electron chi connectivity index (χ1n) is 7.62. The third-order valence-electron chi connectivity index (χ3n) is 3.64. The molecule has 138 valence electrons. The zero-order chi connectivity index (χ0) is 18.4. The number of nitrogens with one attached hydrogen (secondary N) is 1. The Labute approximate surface area is 145 Å². The lowest BCUT2D eigenvalue weighted by molar-refractivity contribution is -0.136. The van der Waals surface area contributed by atoms with E-state index in [-0.39, 0.29) is 42.3 Å². The summed E-state index contributed by atoms with van der Waals surface area (Å²) in [4.78, 5) is 22.5. The lowest BCUT2D eigenvalue weighted by atomic mass is 10.2. The summed E-state index contributed by atoms with van der Waals surface area (Å²) in [5, 5.41) is 11.0. The number of carbonyl (C=O) groups is 2. The maximum atomic E-state index is 12.8. The van der Waals surface area contributed by atoms with Crippen LogP contribution in [0.25, 0.3) is 0 Å². The van der Waals surface area contributed by atoms with Gasteiger partial charge in [-0.3, -0.25) is 9.59 Å². The van der Waals surface area contributed by atoms with Gasteiger partial charge in [0.15, 0.2) is 0 Å². The summed E-state index contributed by atoms with van der Waals surface area (Å²) in [5.41, 5.74) is 0.109. The van der Waals surface area contributed by atoms with Crippen LogP contribution in [0.5, 0.6) is 5.75 Å². The van der Waals surface area contributed by atoms with Crippen LogP contribution in [-0.2, 0) is 19.6 Å². The maximum Gasteiger partial charge on any atom is 0.305 e. The minimum atomic E-state index is -3.84. The molecule has 1 saturated heterocycles. The monoisotopic (exact) mass is 372 g/mol. The van der Waals surface area contributed by atoms with Crippen LogP contribution >= 0.6 is 0 Å². The number of nitrogens with zero attached hydrogens (tertiary/aromatic N) is 1. The molecule has 0 aliphatic carbocycles. The second kappa shape index (κ2) is 8.28. The number of methoxy groups -OCH3 is 1. The zero-order valence-electron chi connectivity index (χ0n) is 13.7. The molecule has 0 aromatic heterocycles. The number of carboxylic acid groups (broad SMARTS) is 1. The third kappa shape index (κ3) is 4.68. The SMILES string of the molecule is COc1ccc(C(=O)NCCC(=O)O)cc1S(=O)(=O)N1CCOCC1. The van der Waals surface area contributed by atoms with Gasteiger partial charge in [0, 0.05) is 25.2 Å². The molecule has 0 spiro atoms. The van der Waals surface area contributed by atoms with E-state index in [1.165, 1.54) is 29.6 Å². The predicted molar refractivity (Wildman–Crippen MR) is 87.2 cm³/mol. The minimum Gasteiger partial charge on any atom is -0.495 e. The van der Waals surface area contributed by atoms with Crippen molar-refractivity contribution in [3.8, 4) is 5.75 Å². The van der Waals surface area contributed by atoms with Crippen molar-refractivity contribution >= 4 is 21.9 Å². The van der Waals surface area contributed by atoms with Crippen molar-refractivity contribution in [2.75, 3.05) is 40.0 Å². The molecule has 0 atom stereocenters. The van der Waals surface area contributed by atoms with Crippen LogP contribution in [0, 0.1) is 0 Å². The van der Waals surface area contributed by atoms with Gasteiger partial charge in [-0.05, 0) is 18.2 Å². The van der Waals surface area contributed by atoms with Gasteiger partial charge in [0.25, 0.3) is 5.91 Å². The predicted octanol–water partition coefficient (Wildman–Crippen LogP) is -0.0794. The van der Waals surface area contributed by atoms with Crippen LogP contribution < -0.4 is 10.1 Å². The molecule has 1 aromatic rings. The Morgan fingerprint density at radius 1 is 1.32 bits per heavy atom. The molecule has 2 rings (SSSR count). The fourth-order valence-corrected chi connectivity index (χ4v) is 3.92. The molecule has 0 saturated carbocycles. The highest BCUT2D eigenvalue weighted by molar-refractivity contribution is 7.89. The quantitative estimate of drug-likeness (QED) is 0.686. The number of aliphatic carboxylic acids is 1. The van der Waals surface area contributed by atoms with Crippen LogP contribution in [0.4, 0.5) is 0 Å². The van der Waals surface area contributed by atoms with Gasteiger partial charge in [-0.25, -0.2) is 8.42 Å². The average molecular weight is 372 g/mol. The van der Waals surface area contributed by atoms with E-state index in [0.717, 1.165) is 0 Å². The molecule has 2 N–H and O–H groups in total. The number of sulfonamides is 1. The average Bonchev–Trinajstić information content (AvgIpc) is 2.61. The van der Waals surface area contributed by atoms with Gasteiger partial charge >= 0.3 is 5.97 Å². The molecule has 1 heterocycles. The Balaban J connectivity index is 2.27. The van der Waals surface area contributed by atoms with Crippen molar-refractivity contribution < 1.29 is 32.6 Å². The van der Waals surface area contributed by atoms with Crippen molar-refractivity contribution in [1.82, 2.24) is 9.62 Å². The van der Waals surface area contributed by atoms with Gasteiger partial charge in [0.05, 0.1) is 26.7 Å². The lowest BCUT2D eigenvalue weighted by Gasteiger charge is -2.26. The number of ether oxygens (including phenoxy) is 2. The molecule has 9 nitrogen and oxygen atoms in total. The van der Waals surface area contributed by atoms with Gasteiger partial charge in [-0.15, -0.1) is 0 Å². The van der Waals surface area contributed by atoms with E-state index >= 15 is 0 Å². The summed E-state index contributed by atoms with van der Waals surface area (Å²) in [6.45, 7) is 1.00. The Hall–Kier alpha value is -2.17. The summed E-state index contributed by atoms with van der Waals surface area (Å²) >= 11 is 0. The fraction of sp³-hybridized carbons (Fsp3) is 0.467. The smallest absolute Gasteiger partial charge is 0.305 e. The van der Waals surface area contributed by atoms with E-state index in [1.54, 1.807) is 0 Å². The van der Waals surface area contributed by atoms with E-state index in [9.17, 15) is 18.0 Å². The van der Waals surface area contributed by atoms with Crippen molar-refractivity contribution in [1.29, 1.82) is 0 Å². The Kier molecular flexibility index (Phi) is 6.34. The van der Waals surface area contributed by atoms with Gasteiger partial charge in [0.1, 0.15) is 10.6 Å². The molecule has 0 bridgehead atoms. The molecule has 1 aliphatic rings. The highest BCUT2D eigenvalue weighted by atomic mass is 32.2. The summed E-state index contributed by atoms with van der Waals surface area (Å²) in [6, 6.07) is 4.06. The fourth-order valence-electron chi connectivity index (χ4n) is 2.33. The van der Waals surface area contributed by atoms with E-state index in [2.05, 4.69) is 5.32 Å². The number of benzene rings is 1. The van der Waals surface area contributed by atoms with Crippen molar-refractivity contribution in [3.63, 3.8) is 0 Å². The largest absolute Gasteiger partial charge is 0.495 e. The van der Waals surface area contributed by atoms with Crippen LogP contribution in [-0.4, -0.2) is 69.7 Å². The topological polar surface area (TPSA) is 122 Å². The van der Waals surface area contributed by atoms with Gasteiger partial charge in [-0.1, -0.05) is 0 Å². The highest BCUT2D eigenvalue weighted by Gasteiger charge is 2.30. The third-order valence-corrected chi connectivity index (χ3v) is 5.56. The summed E-state index contributed by atoms with van der Waals surface area (Å²) in [7, 11) is -2.49. The number of carbonyl (C=O) groups excluding carboxylic acids is 1. The number of hydrogen-bond acceptors (Lipinski definition) is 6. The number of hydrogen-bond donors (Lipinski definition) is 2. The van der Waals surface area contributed by atoms with Crippen LogP contribution in [0.1, 0.15) is 16.8 Å². The Morgan fingerprint density at radius 2 is 2.00 bits per heavy atom. The molecular weight excluding hydrogens is 352 g/mol. The lowest BCUT2D eigenvalue weighted by Crippen LogP contribution is -2.40. The van der Waals surface area contributed by atoms with Gasteiger partial charge in [-0.2, -0.15) is 4.31 Å². The van der Waals surface area contributed by atoms with Crippen molar-refractivity contribution in [2.24, 2.45) is 0 Å². The standard InChI is InChI=1S/C15H20N2O7S/c1-23-12-3-2-11(15(20)16-5-4-14(18)19)10-13(12)25(21,22)17-6-8-24-9-7-17/h2-3,10H,4-9H2,1H3,(H,16,20)(H,18,19). The van der Waals surface area contributed by atoms with Crippen LogP contribution in [0.2, 0.25) is 0 Å². The molecule has 1 aliphatic heterocycles. The maximum absolute atomic E-state index is 12.8. The highest BCUT2D eigenvalue weighted by Crippen LogP contribution is 2.28. The van der Waals surface area contributed by atoms with E-state index in [0.29, 0.717) is 13.2 Å². The van der Waals surface area contributed by atoms with E-state index < -0.39 is 21.9 Å². The first kappa shape index (κ1) is 19.2. The normalized spacial score (nSPS) is 15.6. The molecule has 1 aromatic carbocycles. The first-order valence-corrected chi connectivity index (χ1v) is 9.06. The Morgan fingerprint density at radius 3 is 2.60 bits per heavy atom. The zero-order valence-corrected chi connectivity index (χ0v) is 14.5. The van der Waals surface area contributed by atoms with Crippen LogP contribution in [0.15, 0.2) is 23.1 Å². The number of amides is 1. The van der Waals surface area contributed by atoms with Crippen LogP contribution in [0.3, 0.4) is 0 Å². The molecular formula is C15H20N2O7S. The molecule has 1 amide bonds. The van der Waals surface area contributed by atoms with E-state index in [4.69, 9.17) is 14.6 Å². The van der Waals surface area contributed by atoms with Crippen molar-refractivity contribution in [2.45, 2.75) is 11.3 Å². The molecule has 1 fully saturated rings. The second-order valence-corrected chi connectivity index (χ2v) is 7.19. The molecule has 0 radical (unpaired) electrons. The van der Waals surface area contributed by atoms with Crippen molar-refractivity contribution in [3.05, 3.63) is 23.8 Å². The first-order chi connectivity index (χ1) is 11.9.